The largest absolute Gasteiger partial charge is 0.193 e. The summed E-state index contributed by atoms with van der Waals surface area (Å²) in [6.07, 6.45) is 7.93. The minimum Gasteiger partial charge on any atom is -0.193 e. The lowest BCUT2D eigenvalue weighted by molar-refractivity contribution is 0.114. The lowest BCUT2D eigenvalue weighted by Crippen LogP contribution is -2.33. The molecular weight excluding hydrogens is 170 g/mol. The average molecular weight is 189 g/mol. The molecule has 1 unspecified atom stereocenters. The minimum absolute atomic E-state index is 0.403. The number of nitriles is 1. The van der Waals surface area contributed by atoms with Crippen LogP contribution in [0, 0.1) is 34.0 Å². The van der Waals surface area contributed by atoms with E-state index < -0.39 is 0 Å². The number of allylic oxidation sites excluding steroid dienone is 2. The topological polar surface area (TPSA) is 23.8 Å². The Morgan fingerprint density at radius 1 is 1.36 bits per heavy atom. The fourth-order valence-electron chi connectivity index (χ4n) is 3.96. The van der Waals surface area contributed by atoms with Crippen molar-refractivity contribution in [3.05, 3.63) is 12.2 Å². The van der Waals surface area contributed by atoms with Gasteiger partial charge in [0.1, 0.15) is 0 Å². The number of rotatable bonds is 1. The van der Waals surface area contributed by atoms with E-state index in [2.05, 4.69) is 32.9 Å². The van der Waals surface area contributed by atoms with Crippen molar-refractivity contribution in [1.29, 1.82) is 5.26 Å². The van der Waals surface area contributed by atoms with E-state index in [-0.39, 0.29) is 0 Å². The maximum atomic E-state index is 8.61. The lowest BCUT2D eigenvalue weighted by Gasteiger charge is -2.41. The van der Waals surface area contributed by atoms with Crippen LogP contribution in [0.1, 0.15) is 40.0 Å². The van der Waals surface area contributed by atoms with Gasteiger partial charge in [0, 0.05) is 6.08 Å². The summed E-state index contributed by atoms with van der Waals surface area (Å²) < 4.78 is 0. The Hall–Kier alpha value is -0.770. The van der Waals surface area contributed by atoms with Crippen molar-refractivity contribution < 1.29 is 0 Å². The van der Waals surface area contributed by atoms with Gasteiger partial charge in [-0.15, -0.1) is 0 Å². The van der Waals surface area contributed by atoms with Gasteiger partial charge < -0.3 is 0 Å². The molecule has 1 heteroatoms. The third-order valence-electron chi connectivity index (χ3n) is 4.74. The molecule has 0 aliphatic heterocycles. The van der Waals surface area contributed by atoms with Gasteiger partial charge in [0.15, 0.2) is 0 Å². The van der Waals surface area contributed by atoms with E-state index in [1.165, 1.54) is 19.3 Å². The van der Waals surface area contributed by atoms with Gasteiger partial charge in [-0.1, -0.05) is 26.8 Å². The highest BCUT2D eigenvalue weighted by Gasteiger charge is 2.57. The number of fused-ring (bicyclic) bond motifs is 2. The quantitative estimate of drug-likeness (QED) is 0.579. The van der Waals surface area contributed by atoms with E-state index in [9.17, 15) is 0 Å². The summed E-state index contributed by atoms with van der Waals surface area (Å²) in [6.45, 7) is 7.14. The van der Waals surface area contributed by atoms with Gasteiger partial charge >= 0.3 is 0 Å². The summed E-state index contributed by atoms with van der Waals surface area (Å²) in [5.74, 6) is 1.48. The smallest absolute Gasteiger partial charge is 0.0908 e. The van der Waals surface area contributed by atoms with Crippen molar-refractivity contribution in [2.45, 2.75) is 40.0 Å². The molecule has 2 saturated carbocycles. The molecule has 0 aromatic heterocycles. The van der Waals surface area contributed by atoms with Crippen LogP contribution in [0.3, 0.4) is 0 Å². The van der Waals surface area contributed by atoms with E-state index in [0.717, 1.165) is 5.92 Å². The summed E-state index contributed by atoms with van der Waals surface area (Å²) in [7, 11) is 0. The highest BCUT2D eigenvalue weighted by atomic mass is 14.6. The summed E-state index contributed by atoms with van der Waals surface area (Å²) in [5, 5.41) is 8.61. The predicted octanol–water partition coefficient (Wildman–Crippen LogP) is 3.53. The second-order valence-electron chi connectivity index (χ2n) is 5.88. The molecule has 0 saturated heterocycles. The number of hydrogen-bond donors (Lipinski definition) is 0. The zero-order chi connectivity index (χ0) is 10.4. The van der Waals surface area contributed by atoms with Crippen LogP contribution in [-0.4, -0.2) is 0 Å². The maximum absolute atomic E-state index is 8.61. The van der Waals surface area contributed by atoms with Crippen LogP contribution in [0.4, 0.5) is 0 Å². The Morgan fingerprint density at radius 3 is 2.57 bits per heavy atom. The molecule has 2 aliphatic rings. The molecule has 1 nitrogen and oxygen atoms in total. The molecule has 0 spiro atoms. The summed E-state index contributed by atoms with van der Waals surface area (Å²) in [6, 6.07) is 2.13. The van der Waals surface area contributed by atoms with Gasteiger partial charge in [-0.25, -0.2) is 0 Å². The fourth-order valence-corrected chi connectivity index (χ4v) is 3.96. The van der Waals surface area contributed by atoms with Crippen molar-refractivity contribution in [3.63, 3.8) is 0 Å². The molecule has 0 radical (unpaired) electrons. The molecule has 76 valence electrons. The molecule has 2 bridgehead atoms. The van der Waals surface area contributed by atoms with Crippen LogP contribution >= 0.6 is 0 Å². The van der Waals surface area contributed by atoms with Crippen LogP contribution in [0.5, 0.6) is 0 Å². The molecule has 0 heterocycles. The maximum Gasteiger partial charge on any atom is 0.0908 e. The van der Waals surface area contributed by atoms with Crippen molar-refractivity contribution in [1.82, 2.24) is 0 Å². The standard InChI is InChI=1S/C13H19N/c1-12(2)10-6-7-13(3,9-10)11(12)5-4-8-14/h4-5,10-11H,6-7,9H2,1-3H3/b5-4+/t10-,11?,13+/m0/s1. The molecule has 0 aromatic carbocycles. The van der Waals surface area contributed by atoms with E-state index >= 15 is 0 Å². The van der Waals surface area contributed by atoms with Crippen LogP contribution in [0.2, 0.25) is 0 Å². The first-order valence-corrected chi connectivity index (χ1v) is 5.57. The summed E-state index contributed by atoms with van der Waals surface area (Å²) in [4.78, 5) is 0. The normalized spacial score (nSPS) is 44.4. The van der Waals surface area contributed by atoms with Gasteiger partial charge in [0.25, 0.3) is 0 Å². The fraction of sp³-hybridized carbons (Fsp3) is 0.769. The third-order valence-corrected chi connectivity index (χ3v) is 4.74. The number of nitrogens with zero attached hydrogens (tertiary/aromatic N) is 1. The first-order valence-electron chi connectivity index (χ1n) is 5.57. The highest BCUT2D eigenvalue weighted by Crippen LogP contribution is 2.66. The zero-order valence-corrected chi connectivity index (χ0v) is 9.38. The third kappa shape index (κ3) is 1.13. The minimum atomic E-state index is 0.403. The molecule has 14 heavy (non-hydrogen) atoms. The van der Waals surface area contributed by atoms with Gasteiger partial charge in [-0.2, -0.15) is 5.26 Å². The molecular formula is C13H19N. The Bertz CT molecular complexity index is 303. The second-order valence-corrected chi connectivity index (χ2v) is 5.88. The zero-order valence-electron chi connectivity index (χ0n) is 9.38. The molecule has 2 rings (SSSR count). The Kier molecular flexibility index (Phi) is 2.00. The SMILES string of the molecule is CC1(C)C(/C=C/C#N)[C@]2(C)CC[C@H]1C2. The lowest BCUT2D eigenvalue weighted by atomic mass is 9.64. The van der Waals surface area contributed by atoms with E-state index in [4.69, 9.17) is 5.26 Å². The Labute approximate surface area is 86.8 Å². The first-order chi connectivity index (χ1) is 6.50. The van der Waals surface area contributed by atoms with Gasteiger partial charge in [-0.3, -0.25) is 0 Å². The van der Waals surface area contributed by atoms with Crippen molar-refractivity contribution in [2.24, 2.45) is 22.7 Å². The monoisotopic (exact) mass is 189 g/mol. The van der Waals surface area contributed by atoms with Crippen LogP contribution in [0.25, 0.3) is 0 Å². The molecule has 3 atom stereocenters. The average Bonchev–Trinajstić information content (AvgIpc) is 2.55. The molecule has 2 aliphatic carbocycles. The predicted molar refractivity (Wildman–Crippen MR) is 57.5 cm³/mol. The van der Waals surface area contributed by atoms with Crippen LogP contribution in [-0.2, 0) is 0 Å². The van der Waals surface area contributed by atoms with Crippen LogP contribution in [0.15, 0.2) is 12.2 Å². The van der Waals surface area contributed by atoms with Crippen molar-refractivity contribution in [2.75, 3.05) is 0 Å². The van der Waals surface area contributed by atoms with E-state index in [0.29, 0.717) is 16.7 Å². The highest BCUT2D eigenvalue weighted by molar-refractivity contribution is 5.17. The summed E-state index contributed by atoms with van der Waals surface area (Å²) in [5.41, 5.74) is 0.877. The van der Waals surface area contributed by atoms with E-state index in [1.807, 2.05) is 0 Å². The van der Waals surface area contributed by atoms with Crippen molar-refractivity contribution >= 4 is 0 Å². The molecule has 0 aromatic rings. The molecule has 0 amide bonds. The van der Waals surface area contributed by atoms with Crippen LogP contribution < -0.4 is 0 Å². The van der Waals surface area contributed by atoms with Gasteiger partial charge in [-0.05, 0) is 41.9 Å². The number of hydrogen-bond acceptors (Lipinski definition) is 1. The van der Waals surface area contributed by atoms with Crippen molar-refractivity contribution in [3.8, 4) is 6.07 Å². The van der Waals surface area contributed by atoms with Gasteiger partial charge in [0.05, 0.1) is 6.07 Å². The molecule has 0 N–H and O–H groups in total. The second kappa shape index (κ2) is 2.86. The summed E-state index contributed by atoms with van der Waals surface area (Å²) >= 11 is 0. The molecule has 2 fully saturated rings. The van der Waals surface area contributed by atoms with E-state index in [1.54, 1.807) is 6.08 Å². The Balaban J connectivity index is 2.31. The van der Waals surface area contributed by atoms with Gasteiger partial charge in [0.2, 0.25) is 0 Å². The first kappa shape index (κ1) is 9.77. The Morgan fingerprint density at radius 2 is 2.07 bits per heavy atom.